The van der Waals surface area contributed by atoms with E-state index in [1.165, 1.54) is 31.9 Å². The van der Waals surface area contributed by atoms with Gasteiger partial charge in [-0.05, 0) is 48.8 Å². The minimum Gasteiger partial charge on any atom is -0.383 e. The normalized spacial score (nSPS) is 18.2. The van der Waals surface area contributed by atoms with Crippen LogP contribution in [0.1, 0.15) is 20.8 Å². The number of para-hydroxylation sites is 1. The Morgan fingerprint density at radius 1 is 1.10 bits per heavy atom. The van der Waals surface area contributed by atoms with Crippen molar-refractivity contribution in [2.45, 2.75) is 26.3 Å². The van der Waals surface area contributed by atoms with Crippen LogP contribution < -0.4 is 5.32 Å². The smallest absolute Gasteiger partial charge is 0.0485 e. The van der Waals surface area contributed by atoms with Crippen molar-refractivity contribution in [2.75, 3.05) is 44.6 Å². The molecule has 1 aliphatic heterocycles. The lowest BCUT2D eigenvalue weighted by Gasteiger charge is -2.42. The molecule has 2 rings (SSSR count). The highest BCUT2D eigenvalue weighted by Gasteiger charge is 2.25. The number of halogens is 1. The Balaban J connectivity index is 1.71. The number of anilines is 1. The number of rotatable bonds is 4. The Bertz CT molecular complexity index is 420. The van der Waals surface area contributed by atoms with E-state index in [0.29, 0.717) is 5.54 Å². The van der Waals surface area contributed by atoms with Gasteiger partial charge in [0.1, 0.15) is 0 Å². The lowest BCUT2D eigenvalue weighted by Crippen LogP contribution is -2.53. The van der Waals surface area contributed by atoms with Gasteiger partial charge in [0.25, 0.3) is 0 Å². The summed E-state index contributed by atoms with van der Waals surface area (Å²) in [7, 11) is 0. The Hall–Kier alpha value is -0.580. The van der Waals surface area contributed by atoms with Crippen LogP contribution in [-0.4, -0.2) is 54.6 Å². The minimum atomic E-state index is 0.305. The minimum absolute atomic E-state index is 0.305. The first-order valence-electron chi connectivity index (χ1n) is 7.42. The molecule has 1 aromatic carbocycles. The Kier molecular flexibility index (Phi) is 5.47. The summed E-state index contributed by atoms with van der Waals surface area (Å²) in [5.41, 5.74) is 1.49. The summed E-state index contributed by atoms with van der Waals surface area (Å²) in [5, 5.41) is 3.50. The average molecular weight is 340 g/mol. The second-order valence-electron chi connectivity index (χ2n) is 6.41. The van der Waals surface area contributed by atoms with Gasteiger partial charge in [0.15, 0.2) is 0 Å². The molecule has 0 atom stereocenters. The second-order valence-corrected chi connectivity index (χ2v) is 7.26. The van der Waals surface area contributed by atoms with E-state index in [0.717, 1.165) is 17.6 Å². The van der Waals surface area contributed by atoms with E-state index in [9.17, 15) is 0 Å². The molecule has 1 fully saturated rings. The predicted molar refractivity (Wildman–Crippen MR) is 90.4 cm³/mol. The van der Waals surface area contributed by atoms with Gasteiger partial charge >= 0.3 is 0 Å². The van der Waals surface area contributed by atoms with E-state index < -0.39 is 0 Å². The average Bonchev–Trinajstić information content (AvgIpc) is 2.40. The molecular formula is C16H26BrN3. The number of hydrogen-bond donors (Lipinski definition) is 1. The van der Waals surface area contributed by atoms with Gasteiger partial charge in [0, 0.05) is 55.0 Å². The van der Waals surface area contributed by atoms with Gasteiger partial charge in [0.2, 0.25) is 0 Å². The molecule has 1 N–H and O–H groups in total. The molecule has 20 heavy (non-hydrogen) atoms. The zero-order chi connectivity index (χ0) is 14.6. The molecule has 0 aromatic heterocycles. The maximum Gasteiger partial charge on any atom is 0.0485 e. The van der Waals surface area contributed by atoms with Crippen LogP contribution >= 0.6 is 15.9 Å². The van der Waals surface area contributed by atoms with Crippen LogP contribution in [0.25, 0.3) is 0 Å². The van der Waals surface area contributed by atoms with Gasteiger partial charge in [0.05, 0.1) is 0 Å². The largest absolute Gasteiger partial charge is 0.383 e. The summed E-state index contributed by atoms with van der Waals surface area (Å²) in [5.74, 6) is 0. The van der Waals surface area contributed by atoms with E-state index >= 15 is 0 Å². The third-order valence-electron chi connectivity index (χ3n) is 3.94. The van der Waals surface area contributed by atoms with Crippen molar-refractivity contribution in [1.29, 1.82) is 0 Å². The highest BCUT2D eigenvalue weighted by molar-refractivity contribution is 9.10. The maximum absolute atomic E-state index is 3.57. The lowest BCUT2D eigenvalue weighted by atomic mass is 10.1. The van der Waals surface area contributed by atoms with E-state index in [1.807, 2.05) is 6.07 Å². The molecule has 1 aliphatic rings. The van der Waals surface area contributed by atoms with Crippen molar-refractivity contribution >= 4 is 21.6 Å². The monoisotopic (exact) mass is 339 g/mol. The van der Waals surface area contributed by atoms with Crippen LogP contribution in [0.2, 0.25) is 0 Å². The Morgan fingerprint density at radius 2 is 1.75 bits per heavy atom. The van der Waals surface area contributed by atoms with Crippen LogP contribution in [0.15, 0.2) is 28.7 Å². The van der Waals surface area contributed by atoms with Crippen molar-refractivity contribution in [3.63, 3.8) is 0 Å². The van der Waals surface area contributed by atoms with Crippen molar-refractivity contribution < 1.29 is 0 Å². The van der Waals surface area contributed by atoms with Crippen molar-refractivity contribution in [2.24, 2.45) is 0 Å². The second kappa shape index (κ2) is 6.92. The molecule has 0 spiro atoms. The molecular weight excluding hydrogens is 314 g/mol. The molecule has 1 aromatic rings. The molecule has 0 radical (unpaired) electrons. The zero-order valence-electron chi connectivity index (χ0n) is 12.8. The quantitative estimate of drug-likeness (QED) is 0.908. The molecule has 1 heterocycles. The van der Waals surface area contributed by atoms with E-state index in [1.54, 1.807) is 0 Å². The zero-order valence-corrected chi connectivity index (χ0v) is 14.4. The third-order valence-corrected chi connectivity index (χ3v) is 4.63. The number of nitrogens with one attached hydrogen (secondary N) is 1. The highest BCUT2D eigenvalue weighted by atomic mass is 79.9. The third kappa shape index (κ3) is 4.47. The summed E-state index contributed by atoms with van der Waals surface area (Å²) in [6.45, 7) is 13.7. The van der Waals surface area contributed by atoms with Crippen molar-refractivity contribution in [3.05, 3.63) is 28.7 Å². The topological polar surface area (TPSA) is 18.5 Å². The van der Waals surface area contributed by atoms with Crippen LogP contribution in [0.4, 0.5) is 5.69 Å². The molecule has 4 heteroatoms. The maximum atomic E-state index is 3.57. The fraction of sp³-hybridized carbons (Fsp3) is 0.625. The fourth-order valence-corrected chi connectivity index (χ4v) is 3.02. The predicted octanol–water partition coefficient (Wildman–Crippen LogP) is 3.28. The molecule has 0 amide bonds. The number of benzene rings is 1. The molecule has 3 nitrogen and oxygen atoms in total. The SMILES string of the molecule is CC(C)(C)N1CCN(CCNc2ccccc2Br)CC1. The van der Waals surface area contributed by atoms with E-state index in [4.69, 9.17) is 0 Å². The van der Waals surface area contributed by atoms with Gasteiger partial charge < -0.3 is 5.32 Å². The number of piperazine rings is 1. The molecule has 0 unspecified atom stereocenters. The summed E-state index contributed by atoms with van der Waals surface area (Å²) >= 11 is 3.57. The highest BCUT2D eigenvalue weighted by Crippen LogP contribution is 2.21. The summed E-state index contributed by atoms with van der Waals surface area (Å²) in [6.07, 6.45) is 0. The number of nitrogens with zero attached hydrogens (tertiary/aromatic N) is 2. The van der Waals surface area contributed by atoms with Gasteiger partial charge in [-0.2, -0.15) is 0 Å². The summed E-state index contributed by atoms with van der Waals surface area (Å²) in [6, 6.07) is 8.29. The first kappa shape index (κ1) is 15.8. The van der Waals surface area contributed by atoms with Crippen LogP contribution in [0.3, 0.4) is 0 Å². The van der Waals surface area contributed by atoms with Gasteiger partial charge in [-0.15, -0.1) is 0 Å². The van der Waals surface area contributed by atoms with E-state index in [2.05, 4.69) is 70.0 Å². The van der Waals surface area contributed by atoms with Crippen LogP contribution in [-0.2, 0) is 0 Å². The van der Waals surface area contributed by atoms with Crippen LogP contribution in [0.5, 0.6) is 0 Å². The molecule has 112 valence electrons. The fourth-order valence-electron chi connectivity index (χ4n) is 2.60. The summed E-state index contributed by atoms with van der Waals surface area (Å²) < 4.78 is 1.14. The van der Waals surface area contributed by atoms with Crippen LogP contribution in [0, 0.1) is 0 Å². The van der Waals surface area contributed by atoms with Crippen molar-refractivity contribution in [3.8, 4) is 0 Å². The Morgan fingerprint density at radius 3 is 2.35 bits per heavy atom. The summed E-state index contributed by atoms with van der Waals surface area (Å²) in [4.78, 5) is 5.12. The lowest BCUT2D eigenvalue weighted by molar-refractivity contribution is 0.0642. The standard InChI is InChI=1S/C16H26BrN3/c1-16(2,3)20-12-10-19(11-13-20)9-8-18-15-7-5-4-6-14(15)17/h4-7,18H,8-13H2,1-3H3. The van der Waals surface area contributed by atoms with Crippen molar-refractivity contribution in [1.82, 2.24) is 9.80 Å². The number of hydrogen-bond acceptors (Lipinski definition) is 3. The molecule has 0 aliphatic carbocycles. The molecule has 0 saturated carbocycles. The first-order valence-corrected chi connectivity index (χ1v) is 8.22. The van der Waals surface area contributed by atoms with Gasteiger partial charge in [-0.1, -0.05) is 12.1 Å². The van der Waals surface area contributed by atoms with E-state index in [-0.39, 0.29) is 0 Å². The Labute approximate surface area is 131 Å². The van der Waals surface area contributed by atoms with Gasteiger partial charge in [-0.25, -0.2) is 0 Å². The first-order chi connectivity index (χ1) is 9.47. The van der Waals surface area contributed by atoms with Gasteiger partial charge in [-0.3, -0.25) is 9.80 Å². The molecule has 0 bridgehead atoms. The molecule has 1 saturated heterocycles.